The number of rotatable bonds is 5. The minimum atomic E-state index is -0.893. The summed E-state index contributed by atoms with van der Waals surface area (Å²) in [4.78, 5) is 10.6. The van der Waals surface area contributed by atoms with Crippen LogP contribution in [0.3, 0.4) is 0 Å². The molecule has 2 rings (SSSR count). The Balaban J connectivity index is 2.02. The van der Waals surface area contributed by atoms with E-state index in [1.165, 1.54) is 0 Å². The van der Waals surface area contributed by atoms with E-state index in [4.69, 9.17) is 33.0 Å². The molecule has 2 aromatic carbocycles. The molecular weight excluding hydrogens is 299 g/mol. The lowest BCUT2D eigenvalue weighted by molar-refractivity contribution is -0.136. The van der Waals surface area contributed by atoms with Gasteiger partial charge in [0, 0.05) is 5.02 Å². The summed E-state index contributed by atoms with van der Waals surface area (Å²) in [7, 11) is 0. The van der Waals surface area contributed by atoms with Crippen LogP contribution in [0.1, 0.15) is 11.1 Å². The average Bonchev–Trinajstić information content (AvgIpc) is 2.39. The van der Waals surface area contributed by atoms with Crippen LogP contribution in [0.25, 0.3) is 0 Å². The lowest BCUT2D eigenvalue weighted by atomic mass is 10.1. The molecule has 0 spiro atoms. The molecule has 0 fully saturated rings. The summed E-state index contributed by atoms with van der Waals surface area (Å²) < 4.78 is 5.60. The lowest BCUT2D eigenvalue weighted by Gasteiger charge is -2.09. The molecule has 0 radical (unpaired) electrons. The summed E-state index contributed by atoms with van der Waals surface area (Å²) in [6, 6.07) is 12.3. The van der Waals surface area contributed by atoms with Gasteiger partial charge < -0.3 is 9.84 Å². The number of halogens is 2. The van der Waals surface area contributed by atoms with Gasteiger partial charge in [-0.05, 0) is 35.4 Å². The van der Waals surface area contributed by atoms with E-state index in [2.05, 4.69) is 0 Å². The molecule has 20 heavy (non-hydrogen) atoms. The van der Waals surface area contributed by atoms with Crippen LogP contribution >= 0.6 is 23.2 Å². The van der Waals surface area contributed by atoms with E-state index >= 15 is 0 Å². The molecule has 3 nitrogen and oxygen atoms in total. The zero-order valence-corrected chi connectivity index (χ0v) is 12.0. The van der Waals surface area contributed by atoms with Gasteiger partial charge in [0.25, 0.3) is 0 Å². The fraction of sp³-hybridized carbons (Fsp3) is 0.133. The Hall–Kier alpha value is -1.71. The summed E-state index contributed by atoms with van der Waals surface area (Å²) >= 11 is 11.9. The Morgan fingerprint density at radius 2 is 1.70 bits per heavy atom. The van der Waals surface area contributed by atoms with Crippen LogP contribution in [0, 0.1) is 0 Å². The first kappa shape index (κ1) is 14.7. The number of carbonyl (C=O) groups is 1. The topological polar surface area (TPSA) is 46.5 Å². The van der Waals surface area contributed by atoms with E-state index in [9.17, 15) is 4.79 Å². The smallest absolute Gasteiger partial charge is 0.307 e. The number of hydrogen-bond donors (Lipinski definition) is 1. The Labute approximate surface area is 126 Å². The number of hydrogen-bond acceptors (Lipinski definition) is 2. The molecule has 104 valence electrons. The molecule has 0 saturated carbocycles. The zero-order valence-electron chi connectivity index (χ0n) is 10.5. The van der Waals surface area contributed by atoms with Crippen molar-refractivity contribution in [2.24, 2.45) is 0 Å². The molecular formula is C15H12Cl2O3. The third kappa shape index (κ3) is 4.15. The van der Waals surface area contributed by atoms with E-state index < -0.39 is 5.97 Å². The summed E-state index contributed by atoms with van der Waals surface area (Å²) in [5.41, 5.74) is 1.61. The predicted octanol–water partition coefficient (Wildman–Crippen LogP) is 4.20. The molecule has 5 heteroatoms. The Morgan fingerprint density at radius 3 is 2.30 bits per heavy atom. The van der Waals surface area contributed by atoms with Crippen LogP contribution in [0.4, 0.5) is 0 Å². The van der Waals surface area contributed by atoms with Crippen LogP contribution in [-0.4, -0.2) is 11.1 Å². The quantitative estimate of drug-likeness (QED) is 0.900. The van der Waals surface area contributed by atoms with E-state index in [1.54, 1.807) is 30.3 Å². The Morgan fingerprint density at radius 1 is 1.05 bits per heavy atom. The van der Waals surface area contributed by atoms with Crippen molar-refractivity contribution in [2.75, 3.05) is 0 Å². The van der Waals surface area contributed by atoms with Gasteiger partial charge in [-0.1, -0.05) is 41.4 Å². The molecule has 0 bridgehead atoms. The normalized spacial score (nSPS) is 10.3. The van der Waals surface area contributed by atoms with Crippen molar-refractivity contribution in [1.29, 1.82) is 0 Å². The van der Waals surface area contributed by atoms with E-state index in [0.717, 1.165) is 5.56 Å². The SMILES string of the molecule is O=C(O)Cc1ccc(OCc2ccc(Cl)cc2)c(Cl)c1. The van der Waals surface area contributed by atoms with Crippen molar-refractivity contribution in [1.82, 2.24) is 0 Å². The highest BCUT2D eigenvalue weighted by Gasteiger charge is 2.06. The predicted molar refractivity (Wildman–Crippen MR) is 78.6 cm³/mol. The molecule has 0 aliphatic heterocycles. The van der Waals surface area contributed by atoms with Crippen molar-refractivity contribution in [3.8, 4) is 5.75 Å². The molecule has 1 N–H and O–H groups in total. The molecule has 0 aliphatic rings. The van der Waals surface area contributed by atoms with Gasteiger partial charge in [0.1, 0.15) is 12.4 Å². The van der Waals surface area contributed by atoms with Crippen LogP contribution in [0.15, 0.2) is 42.5 Å². The van der Waals surface area contributed by atoms with Crippen molar-refractivity contribution in [2.45, 2.75) is 13.0 Å². The molecule has 0 heterocycles. The minimum Gasteiger partial charge on any atom is -0.487 e. The lowest BCUT2D eigenvalue weighted by Crippen LogP contribution is -2.01. The molecule has 0 unspecified atom stereocenters. The second kappa shape index (κ2) is 6.64. The maximum atomic E-state index is 10.6. The van der Waals surface area contributed by atoms with Gasteiger partial charge in [-0.2, -0.15) is 0 Å². The number of benzene rings is 2. The first-order chi connectivity index (χ1) is 9.54. The maximum Gasteiger partial charge on any atom is 0.307 e. The first-order valence-electron chi connectivity index (χ1n) is 5.92. The fourth-order valence-electron chi connectivity index (χ4n) is 1.69. The van der Waals surface area contributed by atoms with Gasteiger partial charge in [0.05, 0.1) is 11.4 Å². The van der Waals surface area contributed by atoms with Crippen molar-refractivity contribution in [3.05, 3.63) is 63.6 Å². The van der Waals surface area contributed by atoms with Gasteiger partial charge >= 0.3 is 5.97 Å². The monoisotopic (exact) mass is 310 g/mol. The van der Waals surface area contributed by atoms with Crippen molar-refractivity contribution >= 4 is 29.2 Å². The summed E-state index contributed by atoms with van der Waals surface area (Å²) in [6.45, 7) is 0.370. The molecule has 0 amide bonds. The number of carboxylic acids is 1. The molecule has 0 saturated heterocycles. The van der Waals surface area contributed by atoms with Crippen LogP contribution < -0.4 is 4.74 Å². The van der Waals surface area contributed by atoms with E-state index in [-0.39, 0.29) is 6.42 Å². The second-order valence-electron chi connectivity index (χ2n) is 4.25. The van der Waals surface area contributed by atoms with Crippen molar-refractivity contribution in [3.63, 3.8) is 0 Å². The first-order valence-corrected chi connectivity index (χ1v) is 6.67. The molecule has 0 atom stereocenters. The Bertz CT molecular complexity index is 609. The number of ether oxygens (including phenoxy) is 1. The van der Waals surface area contributed by atoms with Crippen LogP contribution in [0.2, 0.25) is 10.0 Å². The highest BCUT2D eigenvalue weighted by Crippen LogP contribution is 2.26. The second-order valence-corrected chi connectivity index (χ2v) is 5.09. The van der Waals surface area contributed by atoms with Crippen LogP contribution in [0.5, 0.6) is 5.75 Å². The van der Waals surface area contributed by atoms with Crippen molar-refractivity contribution < 1.29 is 14.6 Å². The van der Waals surface area contributed by atoms with Crippen LogP contribution in [-0.2, 0) is 17.8 Å². The van der Waals surface area contributed by atoms with Gasteiger partial charge in [0.15, 0.2) is 0 Å². The van der Waals surface area contributed by atoms with Gasteiger partial charge in [-0.25, -0.2) is 0 Å². The summed E-state index contributed by atoms with van der Waals surface area (Å²) in [5.74, 6) is -0.369. The molecule has 0 aromatic heterocycles. The average molecular weight is 311 g/mol. The van der Waals surface area contributed by atoms with E-state index in [0.29, 0.717) is 28.0 Å². The third-order valence-corrected chi connectivity index (χ3v) is 3.21. The van der Waals surface area contributed by atoms with Gasteiger partial charge in [0.2, 0.25) is 0 Å². The summed E-state index contributed by atoms with van der Waals surface area (Å²) in [6.07, 6.45) is -0.0583. The van der Waals surface area contributed by atoms with Gasteiger partial charge in [-0.15, -0.1) is 0 Å². The Kier molecular flexibility index (Phi) is 4.88. The van der Waals surface area contributed by atoms with Gasteiger partial charge in [-0.3, -0.25) is 4.79 Å². The fourth-order valence-corrected chi connectivity index (χ4v) is 2.07. The number of carboxylic acid groups (broad SMARTS) is 1. The third-order valence-electron chi connectivity index (χ3n) is 2.66. The standard InChI is InChI=1S/C15H12Cl2O3/c16-12-4-1-10(2-5-12)9-20-14-6-3-11(7-13(14)17)8-15(18)19/h1-7H,8-9H2,(H,18,19). The van der Waals surface area contributed by atoms with E-state index in [1.807, 2.05) is 12.1 Å². The zero-order chi connectivity index (χ0) is 14.5. The molecule has 0 aliphatic carbocycles. The highest BCUT2D eigenvalue weighted by molar-refractivity contribution is 6.32. The highest BCUT2D eigenvalue weighted by atomic mass is 35.5. The molecule has 2 aromatic rings. The number of aliphatic carboxylic acids is 1. The summed E-state index contributed by atoms with van der Waals surface area (Å²) in [5, 5.41) is 9.79. The largest absolute Gasteiger partial charge is 0.487 e. The minimum absolute atomic E-state index is 0.0583. The maximum absolute atomic E-state index is 10.6.